The van der Waals surface area contributed by atoms with Crippen LogP contribution in [0.4, 0.5) is 0 Å². The van der Waals surface area contributed by atoms with Crippen LogP contribution in [0, 0.1) is 5.92 Å². The number of amides is 4. The molecule has 158 valence electrons. The summed E-state index contributed by atoms with van der Waals surface area (Å²) in [5.74, 6) is -1.48. The van der Waals surface area contributed by atoms with Crippen molar-refractivity contribution in [3.05, 3.63) is 12.2 Å². The summed E-state index contributed by atoms with van der Waals surface area (Å²) in [6, 6.07) is -0.687. The van der Waals surface area contributed by atoms with Crippen molar-refractivity contribution in [1.82, 2.24) is 15.5 Å². The van der Waals surface area contributed by atoms with Gasteiger partial charge in [-0.25, -0.2) is 0 Å². The highest BCUT2D eigenvalue weighted by Crippen LogP contribution is 2.08. The van der Waals surface area contributed by atoms with Crippen LogP contribution in [-0.2, 0) is 24.0 Å². The van der Waals surface area contributed by atoms with Gasteiger partial charge in [-0.1, -0.05) is 34.1 Å². The molecular weight excluding hydrogens is 362 g/mol. The molecule has 1 aliphatic rings. The lowest BCUT2D eigenvalue weighted by molar-refractivity contribution is -0.137. The molecule has 4 amide bonds. The maximum absolute atomic E-state index is 12.1. The van der Waals surface area contributed by atoms with Gasteiger partial charge in [0.2, 0.25) is 11.8 Å². The largest absolute Gasteiger partial charge is 0.347 e. The van der Waals surface area contributed by atoms with E-state index in [9.17, 15) is 24.0 Å². The molecule has 0 fully saturated rings. The fourth-order valence-electron chi connectivity index (χ4n) is 2.49. The summed E-state index contributed by atoms with van der Waals surface area (Å²) >= 11 is 0. The van der Waals surface area contributed by atoms with Crippen LogP contribution in [0.1, 0.15) is 60.3 Å². The van der Waals surface area contributed by atoms with Crippen molar-refractivity contribution in [2.24, 2.45) is 5.92 Å². The van der Waals surface area contributed by atoms with Gasteiger partial charge in [0.15, 0.2) is 0 Å². The molecule has 1 heterocycles. The van der Waals surface area contributed by atoms with E-state index in [1.54, 1.807) is 0 Å². The fourth-order valence-corrected chi connectivity index (χ4v) is 2.49. The van der Waals surface area contributed by atoms with Gasteiger partial charge in [-0.15, -0.1) is 0 Å². The lowest BCUT2D eigenvalue weighted by atomic mass is 10.0. The van der Waals surface area contributed by atoms with Crippen molar-refractivity contribution >= 4 is 29.4 Å². The van der Waals surface area contributed by atoms with E-state index in [0.717, 1.165) is 0 Å². The third-order valence-corrected chi connectivity index (χ3v) is 3.96. The molecule has 2 N–H and O–H groups in total. The number of carbonyl (C=O) groups is 5. The molecule has 0 aromatic rings. The van der Waals surface area contributed by atoms with Crippen LogP contribution >= 0.6 is 0 Å². The molecule has 1 rings (SSSR count). The van der Waals surface area contributed by atoms with E-state index in [-0.39, 0.29) is 48.3 Å². The highest BCUT2D eigenvalue weighted by atomic mass is 16.2. The van der Waals surface area contributed by atoms with E-state index < -0.39 is 6.04 Å². The Morgan fingerprint density at radius 3 is 2.07 bits per heavy atom. The Kier molecular flexibility index (Phi) is 12.4. The number of imide groups is 1. The SMILES string of the molecule is CC.CC(=O)CNC(=O)C(NC(=O)CCCCCN1C(=O)C=CC1=O)C(C)C. The minimum atomic E-state index is -0.687. The number of Topliss-reactive ketones (excluding diaryl/α,β-unsaturated/α-hetero) is 1. The maximum atomic E-state index is 12.1. The Hall–Kier alpha value is -2.51. The van der Waals surface area contributed by atoms with Gasteiger partial charge in [0.25, 0.3) is 11.8 Å². The molecule has 28 heavy (non-hydrogen) atoms. The van der Waals surface area contributed by atoms with Gasteiger partial charge in [0, 0.05) is 25.1 Å². The molecule has 0 aliphatic carbocycles. The first-order valence-electron chi connectivity index (χ1n) is 9.82. The molecule has 0 saturated carbocycles. The normalized spacial score (nSPS) is 13.9. The number of nitrogens with zero attached hydrogens (tertiary/aromatic N) is 1. The summed E-state index contributed by atoms with van der Waals surface area (Å²) in [7, 11) is 0. The van der Waals surface area contributed by atoms with E-state index in [4.69, 9.17) is 0 Å². The van der Waals surface area contributed by atoms with Crippen LogP contribution in [0.2, 0.25) is 0 Å². The van der Waals surface area contributed by atoms with Crippen molar-refractivity contribution in [3.63, 3.8) is 0 Å². The van der Waals surface area contributed by atoms with E-state index in [0.29, 0.717) is 25.8 Å². The topological polar surface area (TPSA) is 113 Å². The van der Waals surface area contributed by atoms with Gasteiger partial charge in [-0.2, -0.15) is 0 Å². The summed E-state index contributed by atoms with van der Waals surface area (Å²) in [4.78, 5) is 59.0. The second-order valence-electron chi connectivity index (χ2n) is 6.68. The standard InChI is InChI=1S/C18H27N3O5.C2H6/c1-12(2)17(18(26)19-11-13(3)22)20-14(23)7-5-4-6-10-21-15(24)8-9-16(21)25;1-2/h8-9,12,17H,4-7,10-11H2,1-3H3,(H,19,26)(H,20,23);1-2H3. The molecule has 0 aromatic heterocycles. The number of hydrogen-bond donors (Lipinski definition) is 2. The van der Waals surface area contributed by atoms with Crippen LogP contribution in [0.3, 0.4) is 0 Å². The zero-order chi connectivity index (χ0) is 21.7. The van der Waals surface area contributed by atoms with Gasteiger partial charge in [0.1, 0.15) is 11.8 Å². The second kappa shape index (κ2) is 13.6. The Balaban J connectivity index is 0.00000352. The molecule has 0 spiro atoms. The van der Waals surface area contributed by atoms with Crippen molar-refractivity contribution in [2.45, 2.75) is 66.3 Å². The molecule has 8 heteroatoms. The minimum absolute atomic E-state index is 0.0548. The van der Waals surface area contributed by atoms with Gasteiger partial charge in [-0.3, -0.25) is 28.9 Å². The number of rotatable bonds is 11. The summed E-state index contributed by atoms with van der Waals surface area (Å²) in [6.07, 6.45) is 4.66. The van der Waals surface area contributed by atoms with Gasteiger partial charge in [0.05, 0.1) is 6.54 Å². The Morgan fingerprint density at radius 1 is 1.00 bits per heavy atom. The Bertz CT molecular complexity index is 581. The number of nitrogens with one attached hydrogen (secondary N) is 2. The van der Waals surface area contributed by atoms with Crippen molar-refractivity contribution in [3.8, 4) is 0 Å². The Morgan fingerprint density at radius 2 is 1.57 bits per heavy atom. The van der Waals surface area contributed by atoms with Crippen molar-refractivity contribution in [2.75, 3.05) is 13.1 Å². The number of ketones is 1. The van der Waals surface area contributed by atoms with Crippen LogP contribution < -0.4 is 10.6 Å². The highest BCUT2D eigenvalue weighted by molar-refractivity contribution is 6.12. The van der Waals surface area contributed by atoms with E-state index in [2.05, 4.69) is 10.6 Å². The van der Waals surface area contributed by atoms with E-state index in [1.807, 2.05) is 27.7 Å². The van der Waals surface area contributed by atoms with Crippen LogP contribution in [0.15, 0.2) is 12.2 Å². The average Bonchev–Trinajstić information content (AvgIpc) is 2.97. The quantitative estimate of drug-likeness (QED) is 0.405. The first-order valence-corrected chi connectivity index (χ1v) is 9.82. The number of hydrogen-bond acceptors (Lipinski definition) is 5. The zero-order valence-electron chi connectivity index (χ0n) is 17.5. The molecule has 0 saturated heterocycles. The predicted molar refractivity (Wildman–Crippen MR) is 106 cm³/mol. The molecule has 1 aliphatic heterocycles. The zero-order valence-corrected chi connectivity index (χ0v) is 17.5. The second-order valence-corrected chi connectivity index (χ2v) is 6.68. The number of unbranched alkanes of at least 4 members (excludes halogenated alkanes) is 2. The summed E-state index contributed by atoms with van der Waals surface area (Å²) in [6.45, 7) is 9.30. The maximum Gasteiger partial charge on any atom is 0.253 e. The molecule has 1 unspecified atom stereocenters. The third kappa shape index (κ3) is 9.43. The minimum Gasteiger partial charge on any atom is -0.347 e. The molecule has 0 radical (unpaired) electrons. The first-order chi connectivity index (χ1) is 13.2. The molecule has 8 nitrogen and oxygen atoms in total. The van der Waals surface area contributed by atoms with Crippen molar-refractivity contribution < 1.29 is 24.0 Å². The Labute approximate surface area is 167 Å². The lowest BCUT2D eigenvalue weighted by Gasteiger charge is -2.21. The smallest absolute Gasteiger partial charge is 0.253 e. The van der Waals surface area contributed by atoms with Crippen molar-refractivity contribution in [1.29, 1.82) is 0 Å². The van der Waals surface area contributed by atoms with Crippen LogP contribution in [0.5, 0.6) is 0 Å². The average molecular weight is 396 g/mol. The van der Waals surface area contributed by atoms with Crippen LogP contribution in [0.25, 0.3) is 0 Å². The fraction of sp³-hybridized carbons (Fsp3) is 0.650. The van der Waals surface area contributed by atoms with Gasteiger partial charge < -0.3 is 10.6 Å². The van der Waals surface area contributed by atoms with Gasteiger partial charge >= 0.3 is 0 Å². The summed E-state index contributed by atoms with van der Waals surface area (Å²) in [5, 5.41) is 5.20. The molecule has 0 bridgehead atoms. The van der Waals surface area contributed by atoms with Crippen LogP contribution in [-0.4, -0.2) is 53.4 Å². The predicted octanol–water partition coefficient (Wildman–Crippen LogP) is 1.34. The van der Waals surface area contributed by atoms with Gasteiger partial charge in [-0.05, 0) is 25.7 Å². The first kappa shape index (κ1) is 25.5. The highest BCUT2D eigenvalue weighted by Gasteiger charge is 2.24. The molecule has 0 aromatic carbocycles. The van der Waals surface area contributed by atoms with E-state index in [1.165, 1.54) is 24.0 Å². The molecule has 1 atom stereocenters. The lowest BCUT2D eigenvalue weighted by Crippen LogP contribution is -2.50. The van der Waals surface area contributed by atoms with E-state index >= 15 is 0 Å². The molecular formula is C20H33N3O5. The monoisotopic (exact) mass is 395 g/mol. The summed E-state index contributed by atoms with van der Waals surface area (Å²) < 4.78 is 0. The third-order valence-electron chi connectivity index (χ3n) is 3.96. The number of carbonyl (C=O) groups excluding carboxylic acids is 5. The summed E-state index contributed by atoms with van der Waals surface area (Å²) in [5.41, 5.74) is 0.